The Hall–Kier alpha value is -2.64. The fourth-order valence-electron chi connectivity index (χ4n) is 1.61. The first-order valence-electron chi connectivity index (χ1n) is 6.21. The molecule has 0 saturated carbocycles. The second-order valence-corrected chi connectivity index (χ2v) is 4.82. The van der Waals surface area contributed by atoms with E-state index >= 15 is 0 Å². The molecule has 0 heterocycles. The summed E-state index contributed by atoms with van der Waals surface area (Å²) in [6.45, 7) is 1.97. The smallest absolute Gasteiger partial charge is 0.223 e. The van der Waals surface area contributed by atoms with Gasteiger partial charge in [-0.3, -0.25) is 10.2 Å². The Morgan fingerprint density at radius 2 is 1.76 bits per heavy atom. The molecular formula is C16H12ClN3O. The van der Waals surface area contributed by atoms with Crippen molar-refractivity contribution in [2.45, 2.75) is 6.92 Å². The van der Waals surface area contributed by atoms with Gasteiger partial charge >= 0.3 is 0 Å². The summed E-state index contributed by atoms with van der Waals surface area (Å²) in [5, 5.41) is 13.5. The summed E-state index contributed by atoms with van der Waals surface area (Å²) in [5.41, 5.74) is 4.68. The van der Waals surface area contributed by atoms with Crippen molar-refractivity contribution in [1.82, 2.24) is 0 Å². The van der Waals surface area contributed by atoms with Crippen LogP contribution in [0.15, 0.2) is 53.6 Å². The summed E-state index contributed by atoms with van der Waals surface area (Å²) in [6.07, 6.45) is 0. The summed E-state index contributed by atoms with van der Waals surface area (Å²) in [5.74, 6) is -0.450. The predicted molar refractivity (Wildman–Crippen MR) is 83.6 cm³/mol. The number of benzene rings is 2. The number of nitrogens with one attached hydrogen (secondary N) is 1. The van der Waals surface area contributed by atoms with Crippen molar-refractivity contribution < 1.29 is 4.79 Å². The van der Waals surface area contributed by atoms with Crippen LogP contribution in [0.5, 0.6) is 0 Å². The summed E-state index contributed by atoms with van der Waals surface area (Å²) in [7, 11) is 0. The number of hydrogen-bond donors (Lipinski definition) is 1. The highest BCUT2D eigenvalue weighted by molar-refractivity contribution is 6.51. The van der Waals surface area contributed by atoms with Crippen LogP contribution in [0.25, 0.3) is 0 Å². The first-order chi connectivity index (χ1) is 10.1. The number of nitrogens with zero attached hydrogens (tertiary/aromatic N) is 2. The number of Topliss-reactive ketones (excluding diaryl/α,β-unsaturated/α-hetero) is 1. The van der Waals surface area contributed by atoms with E-state index in [2.05, 4.69) is 10.5 Å². The summed E-state index contributed by atoms with van der Waals surface area (Å²) >= 11 is 5.76. The van der Waals surface area contributed by atoms with Gasteiger partial charge in [-0.15, -0.1) is 0 Å². The third kappa shape index (κ3) is 3.91. The van der Waals surface area contributed by atoms with E-state index in [4.69, 9.17) is 16.9 Å². The molecular weight excluding hydrogens is 286 g/mol. The molecule has 0 spiro atoms. The van der Waals surface area contributed by atoms with Crippen LogP contribution in [-0.2, 0) is 0 Å². The molecule has 0 saturated heterocycles. The number of carbonyl (C=O) groups is 1. The fraction of sp³-hybridized carbons (Fsp3) is 0.0625. The standard InChI is InChI=1S/C16H12ClN3O/c1-11-2-8-14(9-3-11)19-20-15(10-18)16(21)12-4-6-13(17)7-5-12/h2-9,19H,1H3. The van der Waals surface area contributed by atoms with Crippen LogP contribution in [0.3, 0.4) is 0 Å². The van der Waals surface area contributed by atoms with E-state index in [1.807, 2.05) is 31.2 Å². The number of hydrogen-bond acceptors (Lipinski definition) is 4. The second-order valence-electron chi connectivity index (χ2n) is 4.39. The number of ketones is 1. The lowest BCUT2D eigenvalue weighted by atomic mass is 10.1. The van der Waals surface area contributed by atoms with Crippen molar-refractivity contribution in [2.24, 2.45) is 5.10 Å². The number of halogens is 1. The predicted octanol–water partition coefficient (Wildman–Crippen LogP) is 3.82. The molecule has 21 heavy (non-hydrogen) atoms. The van der Waals surface area contributed by atoms with Crippen molar-refractivity contribution in [3.05, 3.63) is 64.7 Å². The van der Waals surface area contributed by atoms with Gasteiger partial charge in [-0.05, 0) is 43.3 Å². The third-order valence-electron chi connectivity index (χ3n) is 2.78. The minimum Gasteiger partial charge on any atom is -0.286 e. The van der Waals surface area contributed by atoms with E-state index in [0.717, 1.165) is 5.56 Å². The van der Waals surface area contributed by atoms with Crippen LogP contribution in [-0.4, -0.2) is 11.5 Å². The van der Waals surface area contributed by atoms with Crippen LogP contribution < -0.4 is 5.43 Å². The van der Waals surface area contributed by atoms with E-state index in [1.165, 1.54) is 0 Å². The van der Waals surface area contributed by atoms with Gasteiger partial charge in [0.15, 0.2) is 0 Å². The molecule has 2 aromatic rings. The van der Waals surface area contributed by atoms with Crippen LogP contribution in [0.4, 0.5) is 5.69 Å². The largest absolute Gasteiger partial charge is 0.286 e. The number of anilines is 1. The van der Waals surface area contributed by atoms with E-state index in [0.29, 0.717) is 16.3 Å². The Labute approximate surface area is 127 Å². The molecule has 1 N–H and O–H groups in total. The van der Waals surface area contributed by atoms with Gasteiger partial charge in [0.05, 0.1) is 5.69 Å². The molecule has 104 valence electrons. The molecule has 0 aliphatic heterocycles. The lowest BCUT2D eigenvalue weighted by molar-refractivity contribution is 0.106. The lowest BCUT2D eigenvalue weighted by Crippen LogP contribution is -2.14. The molecule has 0 atom stereocenters. The van der Waals surface area contributed by atoms with Crippen molar-refractivity contribution in [3.63, 3.8) is 0 Å². The Bertz CT molecular complexity index is 713. The van der Waals surface area contributed by atoms with Gasteiger partial charge < -0.3 is 0 Å². The number of carbonyl (C=O) groups excluding carboxylic acids is 1. The van der Waals surface area contributed by atoms with Crippen molar-refractivity contribution in [1.29, 1.82) is 5.26 Å². The lowest BCUT2D eigenvalue weighted by Gasteiger charge is -2.02. The summed E-state index contributed by atoms with van der Waals surface area (Å²) in [6, 6.07) is 15.6. The normalized spacial score (nSPS) is 10.8. The Morgan fingerprint density at radius 1 is 1.14 bits per heavy atom. The van der Waals surface area contributed by atoms with Gasteiger partial charge in [0.25, 0.3) is 0 Å². The van der Waals surface area contributed by atoms with Gasteiger partial charge in [0.2, 0.25) is 11.5 Å². The molecule has 0 unspecified atom stereocenters. The maximum absolute atomic E-state index is 12.1. The minimum atomic E-state index is -0.450. The molecule has 0 fully saturated rings. The minimum absolute atomic E-state index is 0.210. The topological polar surface area (TPSA) is 65.2 Å². The number of nitriles is 1. The molecule has 4 nitrogen and oxygen atoms in total. The van der Waals surface area contributed by atoms with Crippen LogP contribution >= 0.6 is 11.6 Å². The Kier molecular flexibility index (Phi) is 4.70. The molecule has 0 amide bonds. The van der Waals surface area contributed by atoms with Crippen LogP contribution in [0.2, 0.25) is 5.02 Å². The molecule has 0 radical (unpaired) electrons. The maximum Gasteiger partial charge on any atom is 0.223 e. The highest BCUT2D eigenvalue weighted by Crippen LogP contribution is 2.11. The first-order valence-corrected chi connectivity index (χ1v) is 6.58. The second kappa shape index (κ2) is 6.69. The molecule has 0 aromatic heterocycles. The van der Waals surface area contributed by atoms with Gasteiger partial charge in [0.1, 0.15) is 6.07 Å². The van der Waals surface area contributed by atoms with Gasteiger partial charge in [-0.1, -0.05) is 29.3 Å². The van der Waals surface area contributed by atoms with Crippen LogP contribution in [0, 0.1) is 18.3 Å². The van der Waals surface area contributed by atoms with E-state index < -0.39 is 5.78 Å². The van der Waals surface area contributed by atoms with E-state index in [1.54, 1.807) is 30.3 Å². The average Bonchev–Trinajstić information content (AvgIpc) is 2.50. The average molecular weight is 298 g/mol. The molecule has 5 heteroatoms. The number of aryl methyl sites for hydroxylation is 1. The Balaban J connectivity index is 2.17. The summed E-state index contributed by atoms with van der Waals surface area (Å²) < 4.78 is 0. The zero-order valence-corrected chi connectivity index (χ0v) is 12.1. The van der Waals surface area contributed by atoms with Gasteiger partial charge in [-0.25, -0.2) is 0 Å². The zero-order valence-electron chi connectivity index (χ0n) is 11.3. The highest BCUT2D eigenvalue weighted by Gasteiger charge is 2.13. The van der Waals surface area contributed by atoms with Gasteiger partial charge in [0, 0.05) is 10.6 Å². The van der Waals surface area contributed by atoms with Gasteiger partial charge in [-0.2, -0.15) is 10.4 Å². The monoisotopic (exact) mass is 297 g/mol. The van der Waals surface area contributed by atoms with E-state index in [-0.39, 0.29) is 5.71 Å². The van der Waals surface area contributed by atoms with Crippen molar-refractivity contribution in [2.75, 3.05) is 5.43 Å². The molecule has 2 aromatic carbocycles. The van der Waals surface area contributed by atoms with Crippen molar-refractivity contribution >= 4 is 28.8 Å². The summed E-state index contributed by atoms with van der Waals surface area (Å²) in [4.78, 5) is 12.1. The molecule has 2 rings (SSSR count). The number of hydrazone groups is 1. The fourth-order valence-corrected chi connectivity index (χ4v) is 1.74. The number of rotatable bonds is 4. The molecule has 0 aliphatic carbocycles. The highest BCUT2D eigenvalue weighted by atomic mass is 35.5. The molecule has 0 aliphatic rings. The third-order valence-corrected chi connectivity index (χ3v) is 3.03. The van der Waals surface area contributed by atoms with Crippen LogP contribution in [0.1, 0.15) is 15.9 Å². The van der Waals surface area contributed by atoms with Crippen molar-refractivity contribution in [3.8, 4) is 6.07 Å². The SMILES string of the molecule is Cc1ccc(NN=C(C#N)C(=O)c2ccc(Cl)cc2)cc1. The van der Waals surface area contributed by atoms with E-state index in [9.17, 15) is 4.79 Å². The zero-order chi connectivity index (χ0) is 15.2. The Morgan fingerprint density at radius 3 is 2.33 bits per heavy atom. The first kappa shape index (κ1) is 14.8. The maximum atomic E-state index is 12.1. The quantitative estimate of drug-likeness (QED) is 0.530. The molecule has 0 bridgehead atoms.